The van der Waals surface area contributed by atoms with Crippen molar-refractivity contribution in [1.82, 2.24) is 10.2 Å². The van der Waals surface area contributed by atoms with Crippen LogP contribution in [0.1, 0.15) is 57.6 Å². The second-order valence-corrected chi connectivity index (χ2v) is 9.91. The summed E-state index contributed by atoms with van der Waals surface area (Å²) in [7, 11) is 0. The number of halogens is 1. The molecule has 1 heterocycles. The zero-order valence-electron chi connectivity index (χ0n) is 16.7. The highest BCUT2D eigenvalue weighted by molar-refractivity contribution is 6.31. The topological polar surface area (TPSA) is 41.6 Å². The molecule has 2 unspecified atom stereocenters. The van der Waals surface area contributed by atoms with Crippen LogP contribution < -0.4 is 5.32 Å². The number of benzene rings is 1. The maximum Gasteiger partial charge on any atom is 0.410 e. The molecule has 2 atom stereocenters. The molecular formula is C22H31ClN2O2. The number of carbonyl (C=O) groups is 1. The molecule has 1 N–H and O–H groups in total. The molecule has 1 aromatic carbocycles. The SMILES string of the molecule is CC(C)(C)OC(=O)N1CCC(CNC2CC23CCc2c(Cl)cccc23)CC1. The van der Waals surface area contributed by atoms with Crippen LogP contribution in [0.25, 0.3) is 0 Å². The second kappa shape index (κ2) is 6.97. The van der Waals surface area contributed by atoms with Gasteiger partial charge < -0.3 is 15.0 Å². The Morgan fingerprint density at radius 1 is 1.33 bits per heavy atom. The Hall–Kier alpha value is -1.26. The summed E-state index contributed by atoms with van der Waals surface area (Å²) in [4.78, 5) is 14.0. The van der Waals surface area contributed by atoms with Gasteiger partial charge in [0.05, 0.1) is 0 Å². The van der Waals surface area contributed by atoms with Gasteiger partial charge in [0.1, 0.15) is 5.60 Å². The second-order valence-electron chi connectivity index (χ2n) is 9.50. The van der Waals surface area contributed by atoms with Crippen molar-refractivity contribution in [3.8, 4) is 0 Å². The fourth-order valence-corrected chi connectivity index (χ4v) is 5.13. The van der Waals surface area contributed by atoms with Crippen LogP contribution in [0, 0.1) is 5.92 Å². The molecule has 148 valence electrons. The molecule has 0 radical (unpaired) electrons. The van der Waals surface area contributed by atoms with Crippen LogP contribution in [0.15, 0.2) is 18.2 Å². The lowest BCUT2D eigenvalue weighted by molar-refractivity contribution is 0.0184. The lowest BCUT2D eigenvalue weighted by atomic mass is 9.95. The number of carbonyl (C=O) groups excluding carboxylic acids is 1. The summed E-state index contributed by atoms with van der Waals surface area (Å²) in [6.07, 6.45) is 5.50. The molecule has 1 saturated carbocycles. The third-order valence-corrected chi connectivity index (χ3v) is 6.82. The number of nitrogens with zero attached hydrogens (tertiary/aromatic N) is 1. The molecule has 0 bridgehead atoms. The average molecular weight is 391 g/mol. The smallest absolute Gasteiger partial charge is 0.410 e. The van der Waals surface area contributed by atoms with Crippen molar-refractivity contribution >= 4 is 17.7 Å². The number of rotatable bonds is 3. The third-order valence-electron chi connectivity index (χ3n) is 6.47. The number of likely N-dealkylation sites (tertiary alicyclic amines) is 1. The van der Waals surface area contributed by atoms with Crippen LogP contribution in [0.5, 0.6) is 0 Å². The quantitative estimate of drug-likeness (QED) is 0.824. The van der Waals surface area contributed by atoms with Gasteiger partial charge in [-0.05, 0) is 82.5 Å². The van der Waals surface area contributed by atoms with Crippen molar-refractivity contribution in [2.24, 2.45) is 5.92 Å². The lowest BCUT2D eigenvalue weighted by Crippen LogP contribution is -2.43. The summed E-state index contributed by atoms with van der Waals surface area (Å²) in [5.74, 6) is 0.640. The molecule has 3 aliphatic rings. The number of hydrogen-bond acceptors (Lipinski definition) is 3. The molecule has 4 nitrogen and oxygen atoms in total. The summed E-state index contributed by atoms with van der Waals surface area (Å²) in [6.45, 7) is 8.40. The van der Waals surface area contributed by atoms with Gasteiger partial charge >= 0.3 is 6.09 Å². The first kappa shape index (κ1) is 19.1. The summed E-state index contributed by atoms with van der Waals surface area (Å²) in [6, 6.07) is 6.97. The number of amides is 1. The zero-order valence-corrected chi connectivity index (χ0v) is 17.4. The Morgan fingerprint density at radius 2 is 2.07 bits per heavy atom. The van der Waals surface area contributed by atoms with Gasteiger partial charge in [-0.2, -0.15) is 0 Å². The highest BCUT2D eigenvalue weighted by Gasteiger charge is 2.58. The average Bonchev–Trinajstić information content (AvgIpc) is 3.18. The van der Waals surface area contributed by atoms with E-state index in [1.54, 1.807) is 0 Å². The van der Waals surface area contributed by atoms with Gasteiger partial charge in [0.2, 0.25) is 0 Å². The van der Waals surface area contributed by atoms with Gasteiger partial charge in [-0.1, -0.05) is 23.7 Å². The van der Waals surface area contributed by atoms with Gasteiger partial charge in [-0.15, -0.1) is 0 Å². The molecule has 5 heteroatoms. The first-order valence-electron chi connectivity index (χ1n) is 10.3. The molecule has 2 fully saturated rings. The third kappa shape index (κ3) is 3.84. The Balaban J connectivity index is 1.25. The van der Waals surface area contributed by atoms with E-state index in [9.17, 15) is 4.79 Å². The largest absolute Gasteiger partial charge is 0.444 e. The Bertz CT molecular complexity index is 722. The number of nitrogens with one attached hydrogen (secondary N) is 1. The standard InChI is InChI=1S/C22H31ClN2O2/c1-21(2,3)27-20(26)25-11-8-15(9-12-25)14-24-19-13-22(19)10-7-16-17(22)5-4-6-18(16)23/h4-6,15,19,24H,7-14H2,1-3H3. The van der Waals surface area contributed by atoms with Crippen molar-refractivity contribution in [3.05, 3.63) is 34.3 Å². The van der Waals surface area contributed by atoms with E-state index in [0.717, 1.165) is 43.9 Å². The predicted octanol–water partition coefficient (Wildman–Crippen LogP) is 4.53. The highest BCUT2D eigenvalue weighted by Crippen LogP contribution is 2.57. The molecule has 4 rings (SSSR count). The van der Waals surface area contributed by atoms with E-state index in [4.69, 9.17) is 16.3 Å². The number of ether oxygens (including phenoxy) is 1. The number of piperidine rings is 1. The maximum absolute atomic E-state index is 12.2. The van der Waals surface area contributed by atoms with Crippen LogP contribution in [0.2, 0.25) is 5.02 Å². The molecular weight excluding hydrogens is 360 g/mol. The molecule has 1 spiro atoms. The van der Waals surface area contributed by atoms with Crippen molar-refractivity contribution in [2.45, 2.75) is 69.9 Å². The molecule has 2 aliphatic carbocycles. The van der Waals surface area contributed by atoms with Crippen LogP contribution in [0.3, 0.4) is 0 Å². The highest BCUT2D eigenvalue weighted by atomic mass is 35.5. The van der Waals surface area contributed by atoms with Gasteiger partial charge in [0.15, 0.2) is 0 Å². The summed E-state index contributed by atoms with van der Waals surface area (Å²) in [5, 5.41) is 4.76. The normalized spacial score (nSPS) is 27.7. The Morgan fingerprint density at radius 3 is 2.78 bits per heavy atom. The monoisotopic (exact) mass is 390 g/mol. The van der Waals surface area contributed by atoms with Gasteiger partial charge in [-0.3, -0.25) is 0 Å². The van der Waals surface area contributed by atoms with Crippen LogP contribution in [-0.2, 0) is 16.6 Å². The van der Waals surface area contributed by atoms with E-state index in [0.29, 0.717) is 17.4 Å². The van der Waals surface area contributed by atoms with E-state index < -0.39 is 5.60 Å². The predicted molar refractivity (Wildman–Crippen MR) is 108 cm³/mol. The van der Waals surface area contributed by atoms with Gasteiger partial charge in [0, 0.05) is 29.6 Å². The van der Waals surface area contributed by atoms with Crippen molar-refractivity contribution in [3.63, 3.8) is 0 Å². The van der Waals surface area contributed by atoms with Crippen LogP contribution in [0.4, 0.5) is 4.79 Å². The summed E-state index contributed by atoms with van der Waals surface area (Å²) >= 11 is 6.39. The molecule has 27 heavy (non-hydrogen) atoms. The minimum absolute atomic E-state index is 0.172. The Kier molecular flexibility index (Phi) is 4.92. The Labute approximate surface area is 167 Å². The van der Waals surface area contributed by atoms with Crippen LogP contribution in [-0.4, -0.2) is 42.3 Å². The fraction of sp³-hybridized carbons (Fsp3) is 0.682. The lowest BCUT2D eigenvalue weighted by Gasteiger charge is -2.33. The van der Waals surface area contributed by atoms with Gasteiger partial charge in [0.25, 0.3) is 0 Å². The van der Waals surface area contributed by atoms with Crippen molar-refractivity contribution < 1.29 is 9.53 Å². The molecule has 1 saturated heterocycles. The molecule has 0 aromatic heterocycles. The van der Waals surface area contributed by atoms with E-state index in [1.807, 2.05) is 31.7 Å². The minimum Gasteiger partial charge on any atom is -0.444 e. The maximum atomic E-state index is 12.2. The van der Waals surface area contributed by atoms with E-state index in [2.05, 4.69) is 17.4 Å². The molecule has 1 aromatic rings. The number of fused-ring (bicyclic) bond motifs is 2. The summed E-state index contributed by atoms with van der Waals surface area (Å²) < 4.78 is 5.49. The molecule has 1 amide bonds. The minimum atomic E-state index is -0.420. The summed E-state index contributed by atoms with van der Waals surface area (Å²) in [5.41, 5.74) is 2.76. The zero-order chi connectivity index (χ0) is 19.2. The van der Waals surface area contributed by atoms with Gasteiger partial charge in [-0.25, -0.2) is 4.79 Å². The molecule has 1 aliphatic heterocycles. The number of hydrogen-bond donors (Lipinski definition) is 1. The fourth-order valence-electron chi connectivity index (χ4n) is 4.86. The van der Waals surface area contributed by atoms with E-state index in [1.165, 1.54) is 24.0 Å². The first-order valence-corrected chi connectivity index (χ1v) is 10.7. The van der Waals surface area contributed by atoms with E-state index >= 15 is 0 Å². The van der Waals surface area contributed by atoms with E-state index in [-0.39, 0.29) is 6.09 Å². The van der Waals surface area contributed by atoms with Crippen molar-refractivity contribution in [1.29, 1.82) is 0 Å². The van der Waals surface area contributed by atoms with Crippen LogP contribution >= 0.6 is 11.6 Å². The first-order chi connectivity index (χ1) is 12.8. The van der Waals surface area contributed by atoms with Crippen molar-refractivity contribution in [2.75, 3.05) is 19.6 Å².